The van der Waals surface area contributed by atoms with Crippen molar-refractivity contribution < 1.29 is 19.2 Å². The Balaban J connectivity index is 1.48. The predicted octanol–water partition coefficient (Wildman–Crippen LogP) is 4.26. The molecule has 2 heterocycles. The van der Waals surface area contributed by atoms with E-state index in [0.717, 1.165) is 27.8 Å². The molecule has 34 heavy (non-hydrogen) atoms. The fourth-order valence-electron chi connectivity index (χ4n) is 3.96. The second kappa shape index (κ2) is 8.70. The molecule has 0 spiro atoms. The van der Waals surface area contributed by atoms with Crippen LogP contribution in [0.25, 0.3) is 33.5 Å². The summed E-state index contributed by atoms with van der Waals surface area (Å²) in [5, 5.41) is 13.3. The molecule has 170 valence electrons. The van der Waals surface area contributed by atoms with E-state index in [1.165, 1.54) is 0 Å². The van der Waals surface area contributed by atoms with Gasteiger partial charge >= 0.3 is 11.7 Å². The van der Waals surface area contributed by atoms with Gasteiger partial charge in [0.15, 0.2) is 5.82 Å². The van der Waals surface area contributed by atoms with Crippen LogP contribution in [0.3, 0.4) is 0 Å². The molecule has 0 unspecified atom stereocenters. The number of hydrogen-bond acceptors (Lipinski definition) is 6. The third-order valence-corrected chi connectivity index (χ3v) is 5.50. The number of rotatable bonds is 7. The average molecular weight is 456 g/mol. The topological polar surface area (TPSA) is 134 Å². The van der Waals surface area contributed by atoms with Gasteiger partial charge in [0.05, 0.1) is 23.2 Å². The van der Waals surface area contributed by atoms with Crippen LogP contribution in [-0.4, -0.2) is 37.8 Å². The lowest BCUT2D eigenvalue weighted by atomic mass is 9.96. The van der Waals surface area contributed by atoms with Crippen LogP contribution < -0.4 is 10.5 Å². The molecular weight excluding hydrogens is 436 g/mol. The highest BCUT2D eigenvalue weighted by Gasteiger charge is 2.17. The highest BCUT2D eigenvalue weighted by atomic mass is 16.5. The van der Waals surface area contributed by atoms with Crippen LogP contribution in [0.2, 0.25) is 0 Å². The van der Waals surface area contributed by atoms with E-state index in [1.54, 1.807) is 12.1 Å². The molecule has 0 saturated heterocycles. The number of carbonyl (C=O) groups is 1. The first kappa shape index (κ1) is 21.2. The maximum atomic E-state index is 11.6. The van der Waals surface area contributed by atoms with E-state index in [-0.39, 0.29) is 5.56 Å². The Kier molecular flexibility index (Phi) is 5.43. The molecule has 0 amide bonds. The number of carboxylic acid groups (broad SMARTS) is 1. The fourth-order valence-corrected chi connectivity index (χ4v) is 3.96. The Morgan fingerprint density at radius 3 is 2.47 bits per heavy atom. The Morgan fingerprint density at radius 2 is 1.79 bits per heavy atom. The smallest absolute Gasteiger partial charge is 0.439 e. The SMILES string of the molecule is CCOc1nc2c(Cc3ccc(-c4ccccc4-c4noc(=O)[nH]4)cc3)ccc(C(=O)O)c2[nH]1. The normalized spacial score (nSPS) is 11.1. The summed E-state index contributed by atoms with van der Waals surface area (Å²) in [4.78, 5) is 33.1. The summed E-state index contributed by atoms with van der Waals surface area (Å²) in [6.07, 6.45) is 0.561. The molecule has 0 bridgehead atoms. The molecular formula is C25H20N4O5. The molecule has 9 nitrogen and oxygen atoms in total. The molecule has 0 fully saturated rings. The number of aromatic nitrogens is 4. The quantitative estimate of drug-likeness (QED) is 0.333. The summed E-state index contributed by atoms with van der Waals surface area (Å²) in [6.45, 7) is 2.26. The van der Waals surface area contributed by atoms with Gasteiger partial charge in [-0.1, -0.05) is 59.8 Å². The van der Waals surface area contributed by atoms with Gasteiger partial charge in [-0.2, -0.15) is 4.98 Å². The second-order valence-corrected chi connectivity index (χ2v) is 7.64. The molecule has 5 aromatic rings. The first-order valence-corrected chi connectivity index (χ1v) is 10.7. The maximum Gasteiger partial charge on any atom is 0.439 e. The minimum absolute atomic E-state index is 0.148. The fraction of sp³-hybridized carbons (Fsp3) is 0.120. The van der Waals surface area contributed by atoms with Gasteiger partial charge in [0, 0.05) is 5.56 Å². The van der Waals surface area contributed by atoms with Gasteiger partial charge in [-0.25, -0.2) is 9.59 Å². The highest BCUT2D eigenvalue weighted by Crippen LogP contribution is 2.31. The molecule has 3 N–H and O–H groups in total. The summed E-state index contributed by atoms with van der Waals surface area (Å²) in [5.41, 5.74) is 5.70. The van der Waals surface area contributed by atoms with Crippen molar-refractivity contribution in [3.8, 4) is 28.5 Å². The summed E-state index contributed by atoms with van der Waals surface area (Å²) < 4.78 is 10.1. The number of nitrogens with zero attached hydrogens (tertiary/aromatic N) is 2. The average Bonchev–Trinajstić information content (AvgIpc) is 3.46. The van der Waals surface area contributed by atoms with Gasteiger partial charge in [-0.15, -0.1) is 0 Å². The summed E-state index contributed by atoms with van der Waals surface area (Å²) in [5.74, 6) is -1.26. The highest BCUT2D eigenvalue weighted by molar-refractivity contribution is 6.02. The molecule has 0 saturated carbocycles. The van der Waals surface area contributed by atoms with Gasteiger partial charge in [0.25, 0.3) is 6.01 Å². The van der Waals surface area contributed by atoms with Gasteiger partial charge < -0.3 is 14.8 Å². The zero-order valence-electron chi connectivity index (χ0n) is 18.2. The van der Waals surface area contributed by atoms with Gasteiger partial charge in [0.2, 0.25) is 0 Å². The zero-order chi connectivity index (χ0) is 23.7. The first-order chi connectivity index (χ1) is 16.5. The van der Waals surface area contributed by atoms with E-state index in [2.05, 4.69) is 24.6 Å². The first-order valence-electron chi connectivity index (χ1n) is 10.7. The van der Waals surface area contributed by atoms with Crippen molar-refractivity contribution in [2.75, 3.05) is 6.61 Å². The van der Waals surface area contributed by atoms with Crippen molar-refractivity contribution in [1.82, 2.24) is 20.1 Å². The van der Waals surface area contributed by atoms with Crippen molar-refractivity contribution in [3.05, 3.63) is 87.9 Å². The van der Waals surface area contributed by atoms with Crippen LogP contribution in [0.5, 0.6) is 6.01 Å². The number of aromatic carboxylic acids is 1. The lowest BCUT2D eigenvalue weighted by Crippen LogP contribution is -1.99. The third kappa shape index (κ3) is 3.95. The lowest BCUT2D eigenvalue weighted by molar-refractivity contribution is 0.0699. The van der Waals surface area contributed by atoms with E-state index in [4.69, 9.17) is 4.74 Å². The number of ether oxygens (including phenoxy) is 1. The number of hydrogen-bond donors (Lipinski definition) is 3. The van der Waals surface area contributed by atoms with Crippen molar-refractivity contribution in [2.24, 2.45) is 0 Å². The number of benzene rings is 3. The second-order valence-electron chi connectivity index (χ2n) is 7.64. The molecule has 0 aliphatic carbocycles. The van der Waals surface area contributed by atoms with Crippen LogP contribution in [-0.2, 0) is 6.42 Å². The van der Waals surface area contributed by atoms with Crippen LogP contribution in [0, 0.1) is 0 Å². The lowest BCUT2D eigenvalue weighted by Gasteiger charge is -2.09. The minimum Gasteiger partial charge on any atom is -0.478 e. The molecule has 0 aliphatic heterocycles. The molecule has 0 aliphatic rings. The van der Waals surface area contributed by atoms with E-state index in [1.807, 2.05) is 55.5 Å². The van der Waals surface area contributed by atoms with Crippen molar-refractivity contribution >= 4 is 17.0 Å². The summed E-state index contributed by atoms with van der Waals surface area (Å²) in [6, 6.07) is 19.3. The van der Waals surface area contributed by atoms with E-state index in [9.17, 15) is 14.7 Å². The Hall–Kier alpha value is -4.66. The molecule has 5 rings (SSSR count). The Labute approximate surface area is 193 Å². The molecule has 9 heteroatoms. The van der Waals surface area contributed by atoms with Gasteiger partial charge in [-0.05, 0) is 41.7 Å². The van der Waals surface area contributed by atoms with Crippen LogP contribution in [0.4, 0.5) is 0 Å². The number of H-pyrrole nitrogens is 2. The summed E-state index contributed by atoms with van der Waals surface area (Å²) in [7, 11) is 0. The summed E-state index contributed by atoms with van der Waals surface area (Å²) >= 11 is 0. The zero-order valence-corrected chi connectivity index (χ0v) is 18.2. The van der Waals surface area contributed by atoms with E-state index >= 15 is 0 Å². The monoisotopic (exact) mass is 456 g/mol. The van der Waals surface area contributed by atoms with Crippen LogP contribution >= 0.6 is 0 Å². The van der Waals surface area contributed by atoms with Crippen molar-refractivity contribution in [3.63, 3.8) is 0 Å². The largest absolute Gasteiger partial charge is 0.478 e. The van der Waals surface area contributed by atoms with Crippen LogP contribution in [0.1, 0.15) is 28.4 Å². The van der Waals surface area contributed by atoms with Crippen molar-refractivity contribution in [1.29, 1.82) is 0 Å². The minimum atomic E-state index is -1.03. The number of nitrogens with one attached hydrogen (secondary N) is 2. The van der Waals surface area contributed by atoms with E-state index < -0.39 is 11.7 Å². The Bertz CT molecular complexity index is 1550. The van der Waals surface area contributed by atoms with Gasteiger partial charge in [-0.3, -0.25) is 9.51 Å². The van der Waals surface area contributed by atoms with Crippen LogP contribution in [0.15, 0.2) is 70.0 Å². The van der Waals surface area contributed by atoms with E-state index in [0.29, 0.717) is 35.9 Å². The maximum absolute atomic E-state index is 11.6. The number of carboxylic acids is 1. The Morgan fingerprint density at radius 1 is 1.03 bits per heavy atom. The molecule has 0 radical (unpaired) electrons. The predicted molar refractivity (Wildman–Crippen MR) is 125 cm³/mol. The van der Waals surface area contributed by atoms with Crippen molar-refractivity contribution in [2.45, 2.75) is 13.3 Å². The number of aromatic amines is 2. The molecule has 3 aromatic carbocycles. The van der Waals surface area contributed by atoms with Gasteiger partial charge in [0.1, 0.15) is 0 Å². The molecule has 2 aromatic heterocycles. The third-order valence-electron chi connectivity index (χ3n) is 5.50. The molecule has 0 atom stereocenters. The number of fused-ring (bicyclic) bond motifs is 1. The number of imidazole rings is 1. The standard InChI is InChI=1S/C25H20N4O5/c1-2-33-24-26-20-16(11-12-19(23(30)31)21(20)27-24)13-14-7-9-15(10-8-14)17-5-3-4-6-18(17)22-28-25(32)34-29-22/h3-12H,2,13H2,1H3,(H,26,27)(H,30,31)(H,28,29,32).